The molecule has 2 aromatic heterocycles. The molecule has 0 saturated heterocycles. The van der Waals surface area contributed by atoms with E-state index in [1.54, 1.807) is 13.1 Å². The van der Waals surface area contributed by atoms with E-state index in [-0.39, 0.29) is 0 Å². The lowest BCUT2D eigenvalue weighted by atomic mass is 10.2. The number of hydrogen-bond donors (Lipinski definition) is 2. The van der Waals surface area contributed by atoms with Gasteiger partial charge in [0.25, 0.3) is 5.91 Å². The Bertz CT molecular complexity index is 891. The average Bonchev–Trinajstić information content (AvgIpc) is 2.98. The van der Waals surface area contributed by atoms with Crippen LogP contribution in [0.15, 0.2) is 42.9 Å². The Labute approximate surface area is 132 Å². The first kappa shape index (κ1) is 14.6. The van der Waals surface area contributed by atoms with Crippen LogP contribution in [-0.2, 0) is 11.4 Å². The van der Waals surface area contributed by atoms with Gasteiger partial charge >= 0.3 is 0 Å². The van der Waals surface area contributed by atoms with Crippen molar-refractivity contribution in [2.45, 2.75) is 13.5 Å². The molecule has 23 heavy (non-hydrogen) atoms. The van der Waals surface area contributed by atoms with Crippen LogP contribution in [0.2, 0.25) is 0 Å². The third-order valence-electron chi connectivity index (χ3n) is 3.14. The first-order valence-corrected chi connectivity index (χ1v) is 7.00. The summed E-state index contributed by atoms with van der Waals surface area (Å²) in [5.74, 6) is 4.99. The average molecular weight is 306 g/mol. The quantitative estimate of drug-likeness (QED) is 0.726. The zero-order valence-electron chi connectivity index (χ0n) is 12.5. The monoisotopic (exact) mass is 306 g/mol. The standard InChI is InChI=1S/C17H14N4O2/c1-2-6-14(22)21-13-9-18-16-15(13)17(20-11-19-16)23-10-12-7-4-3-5-8-12/h3-5,7-9,11H,10H2,1H3,(H,21,22)(H,18,19,20). The van der Waals surface area contributed by atoms with Crippen LogP contribution in [0.1, 0.15) is 12.5 Å². The molecule has 0 atom stereocenters. The van der Waals surface area contributed by atoms with Crippen molar-refractivity contribution in [3.63, 3.8) is 0 Å². The van der Waals surface area contributed by atoms with Gasteiger partial charge in [0.15, 0.2) is 0 Å². The van der Waals surface area contributed by atoms with Gasteiger partial charge in [-0.05, 0) is 18.4 Å². The lowest BCUT2D eigenvalue weighted by Crippen LogP contribution is -2.08. The molecular weight excluding hydrogens is 292 g/mol. The summed E-state index contributed by atoms with van der Waals surface area (Å²) in [6.07, 6.45) is 3.06. The summed E-state index contributed by atoms with van der Waals surface area (Å²) >= 11 is 0. The predicted octanol–water partition coefficient (Wildman–Crippen LogP) is 2.50. The molecule has 0 aliphatic carbocycles. The summed E-state index contributed by atoms with van der Waals surface area (Å²) in [6.45, 7) is 1.98. The first-order valence-electron chi connectivity index (χ1n) is 7.00. The highest BCUT2D eigenvalue weighted by atomic mass is 16.5. The molecule has 6 heteroatoms. The fraction of sp³-hybridized carbons (Fsp3) is 0.118. The van der Waals surface area contributed by atoms with Gasteiger partial charge in [-0.25, -0.2) is 9.97 Å². The molecule has 114 valence electrons. The van der Waals surface area contributed by atoms with Gasteiger partial charge in [0.05, 0.1) is 5.69 Å². The number of nitrogens with zero attached hydrogens (tertiary/aromatic N) is 2. The molecule has 0 spiro atoms. The van der Waals surface area contributed by atoms with Crippen LogP contribution in [-0.4, -0.2) is 20.9 Å². The molecule has 0 aliphatic rings. The van der Waals surface area contributed by atoms with E-state index in [9.17, 15) is 4.79 Å². The number of carbonyl (C=O) groups is 1. The van der Waals surface area contributed by atoms with E-state index in [2.05, 4.69) is 32.1 Å². The van der Waals surface area contributed by atoms with Gasteiger partial charge in [0, 0.05) is 6.20 Å². The van der Waals surface area contributed by atoms with E-state index >= 15 is 0 Å². The summed E-state index contributed by atoms with van der Waals surface area (Å²) in [6, 6.07) is 9.77. The topological polar surface area (TPSA) is 79.9 Å². The maximum absolute atomic E-state index is 11.7. The van der Waals surface area contributed by atoms with Crippen LogP contribution in [0, 0.1) is 11.8 Å². The number of aromatic nitrogens is 3. The molecule has 0 fully saturated rings. The molecule has 0 unspecified atom stereocenters. The van der Waals surface area contributed by atoms with Gasteiger partial charge in [-0.15, -0.1) is 0 Å². The second-order valence-corrected chi connectivity index (χ2v) is 4.71. The number of aromatic amines is 1. The highest BCUT2D eigenvalue weighted by Gasteiger charge is 2.13. The molecule has 1 aromatic carbocycles. The molecule has 2 N–H and O–H groups in total. The number of rotatable bonds is 4. The van der Waals surface area contributed by atoms with E-state index < -0.39 is 5.91 Å². The van der Waals surface area contributed by atoms with Crippen LogP contribution in [0.3, 0.4) is 0 Å². The Morgan fingerprint density at radius 2 is 2.13 bits per heavy atom. The molecular formula is C17H14N4O2. The highest BCUT2D eigenvalue weighted by molar-refractivity contribution is 6.09. The third kappa shape index (κ3) is 3.30. The number of amides is 1. The minimum absolute atomic E-state index is 0.375. The Morgan fingerprint density at radius 3 is 2.91 bits per heavy atom. The number of H-pyrrole nitrogens is 1. The van der Waals surface area contributed by atoms with Crippen molar-refractivity contribution < 1.29 is 9.53 Å². The summed E-state index contributed by atoms with van der Waals surface area (Å²) in [5.41, 5.74) is 2.15. The normalized spacial score (nSPS) is 9.96. The van der Waals surface area contributed by atoms with E-state index in [0.29, 0.717) is 29.2 Å². The van der Waals surface area contributed by atoms with Crippen molar-refractivity contribution in [3.05, 3.63) is 48.4 Å². The van der Waals surface area contributed by atoms with Gasteiger partial charge < -0.3 is 15.0 Å². The molecule has 0 aliphatic heterocycles. The Morgan fingerprint density at radius 1 is 1.30 bits per heavy atom. The molecule has 0 bridgehead atoms. The van der Waals surface area contributed by atoms with Gasteiger partial charge in [0.1, 0.15) is 24.0 Å². The van der Waals surface area contributed by atoms with Crippen molar-refractivity contribution in [1.82, 2.24) is 15.0 Å². The molecule has 0 saturated carbocycles. The molecule has 6 nitrogen and oxygen atoms in total. The number of ether oxygens (including phenoxy) is 1. The van der Waals surface area contributed by atoms with E-state index in [1.165, 1.54) is 6.33 Å². The van der Waals surface area contributed by atoms with Crippen molar-refractivity contribution >= 4 is 22.6 Å². The summed E-state index contributed by atoms with van der Waals surface area (Å²) in [7, 11) is 0. The van der Waals surface area contributed by atoms with Gasteiger partial charge in [0.2, 0.25) is 5.88 Å². The lowest BCUT2D eigenvalue weighted by Gasteiger charge is -2.07. The van der Waals surface area contributed by atoms with Crippen molar-refractivity contribution in [2.75, 3.05) is 5.32 Å². The minimum atomic E-state index is -0.397. The molecule has 2 heterocycles. The molecule has 0 radical (unpaired) electrons. The zero-order valence-corrected chi connectivity index (χ0v) is 12.5. The highest BCUT2D eigenvalue weighted by Crippen LogP contribution is 2.29. The second kappa shape index (κ2) is 6.62. The number of nitrogens with one attached hydrogen (secondary N) is 2. The summed E-state index contributed by atoms with van der Waals surface area (Å²) in [5, 5.41) is 3.32. The maximum Gasteiger partial charge on any atom is 0.300 e. The van der Waals surface area contributed by atoms with Crippen LogP contribution < -0.4 is 10.1 Å². The predicted molar refractivity (Wildman–Crippen MR) is 86.7 cm³/mol. The number of hydrogen-bond acceptors (Lipinski definition) is 4. The van der Waals surface area contributed by atoms with Crippen LogP contribution in [0.4, 0.5) is 5.69 Å². The van der Waals surface area contributed by atoms with Gasteiger partial charge in [-0.3, -0.25) is 4.79 Å². The largest absolute Gasteiger partial charge is 0.472 e. The van der Waals surface area contributed by atoms with E-state index in [4.69, 9.17) is 4.74 Å². The van der Waals surface area contributed by atoms with Crippen molar-refractivity contribution in [3.8, 4) is 17.7 Å². The first-order chi connectivity index (χ1) is 11.3. The minimum Gasteiger partial charge on any atom is -0.472 e. The Balaban J connectivity index is 1.88. The number of anilines is 1. The molecule has 3 aromatic rings. The van der Waals surface area contributed by atoms with Crippen LogP contribution in [0.25, 0.3) is 11.0 Å². The van der Waals surface area contributed by atoms with Crippen molar-refractivity contribution in [1.29, 1.82) is 0 Å². The maximum atomic E-state index is 11.7. The third-order valence-corrected chi connectivity index (χ3v) is 3.14. The smallest absolute Gasteiger partial charge is 0.300 e. The van der Waals surface area contributed by atoms with E-state index in [0.717, 1.165) is 5.56 Å². The Kier molecular flexibility index (Phi) is 4.20. The number of fused-ring (bicyclic) bond motifs is 1. The Hall–Kier alpha value is -3.33. The zero-order chi connectivity index (χ0) is 16.1. The molecule has 3 rings (SSSR count). The fourth-order valence-electron chi connectivity index (χ4n) is 2.14. The van der Waals surface area contributed by atoms with Crippen LogP contribution in [0.5, 0.6) is 5.88 Å². The SMILES string of the molecule is CC#CC(=O)Nc1c[nH]c2ncnc(OCc3ccccc3)c12. The summed E-state index contributed by atoms with van der Waals surface area (Å²) in [4.78, 5) is 22.9. The van der Waals surface area contributed by atoms with Crippen LogP contribution >= 0.6 is 0 Å². The second-order valence-electron chi connectivity index (χ2n) is 4.71. The number of benzene rings is 1. The van der Waals surface area contributed by atoms with Gasteiger partial charge in [-0.2, -0.15) is 0 Å². The fourth-order valence-corrected chi connectivity index (χ4v) is 2.14. The van der Waals surface area contributed by atoms with Crippen molar-refractivity contribution in [2.24, 2.45) is 0 Å². The van der Waals surface area contributed by atoms with E-state index in [1.807, 2.05) is 30.3 Å². The molecule has 1 amide bonds. The number of carbonyl (C=O) groups excluding carboxylic acids is 1. The lowest BCUT2D eigenvalue weighted by molar-refractivity contribution is -0.111. The van der Waals surface area contributed by atoms with Gasteiger partial charge in [-0.1, -0.05) is 36.3 Å². The summed E-state index contributed by atoms with van der Waals surface area (Å²) < 4.78 is 5.79.